The molecule has 0 radical (unpaired) electrons. The Kier molecular flexibility index (Phi) is 15.3. The molecule has 0 fully saturated rings. The monoisotopic (exact) mass is 524 g/mol. The second kappa shape index (κ2) is 16.2. The molecule has 7 nitrogen and oxygen atoms in total. The van der Waals surface area contributed by atoms with Gasteiger partial charge in [-0.15, -0.1) is 24.0 Å². The van der Waals surface area contributed by atoms with E-state index in [9.17, 15) is 9.18 Å². The molecule has 1 aromatic carbocycles. The summed E-state index contributed by atoms with van der Waals surface area (Å²) in [6, 6.07) is 6.34. The van der Waals surface area contributed by atoms with Gasteiger partial charge in [0.25, 0.3) is 0 Å². The van der Waals surface area contributed by atoms with Crippen molar-refractivity contribution < 1.29 is 18.7 Å². The predicted octanol–water partition coefficient (Wildman–Crippen LogP) is 2.65. The Bertz CT molecular complexity index is 617. The van der Waals surface area contributed by atoms with Gasteiger partial charge in [0.05, 0.1) is 6.54 Å². The van der Waals surface area contributed by atoms with Gasteiger partial charge in [-0.25, -0.2) is 9.38 Å². The van der Waals surface area contributed by atoms with E-state index >= 15 is 0 Å². The first-order chi connectivity index (χ1) is 13.5. The van der Waals surface area contributed by atoms with Crippen LogP contribution >= 0.6 is 24.0 Å². The molecule has 0 bridgehead atoms. The summed E-state index contributed by atoms with van der Waals surface area (Å²) in [4.78, 5) is 17.6. The van der Waals surface area contributed by atoms with Gasteiger partial charge in [-0.2, -0.15) is 0 Å². The zero-order valence-electron chi connectivity index (χ0n) is 17.7. The lowest BCUT2D eigenvalue weighted by Crippen LogP contribution is -2.43. The summed E-state index contributed by atoms with van der Waals surface area (Å²) < 4.78 is 24.9. The zero-order valence-corrected chi connectivity index (χ0v) is 20.1. The minimum Gasteiger partial charge on any atom is -0.486 e. The average molecular weight is 524 g/mol. The topological polar surface area (TPSA) is 75.2 Å². The standard InChI is InChI=1S/C20H33FN4O3.HI/c1-5-16(28-18-11-8-7-10-17(18)21)14-23-20(22-12-9-13-27-6-2)24-15-19(26)25(3)4;/h7-8,10-11,16H,5-6,9,12-15H2,1-4H3,(H2,22,23,24);1H. The number of halogens is 2. The van der Waals surface area contributed by atoms with Crippen molar-refractivity contribution in [2.24, 2.45) is 4.99 Å². The van der Waals surface area contributed by atoms with Crippen LogP contribution in [0.3, 0.4) is 0 Å². The van der Waals surface area contributed by atoms with Crippen LogP contribution < -0.4 is 15.4 Å². The van der Waals surface area contributed by atoms with E-state index in [-0.39, 0.29) is 54.1 Å². The van der Waals surface area contributed by atoms with Gasteiger partial charge in [0, 0.05) is 33.9 Å². The van der Waals surface area contributed by atoms with E-state index in [1.54, 1.807) is 32.3 Å². The van der Waals surface area contributed by atoms with E-state index in [1.807, 2.05) is 13.8 Å². The molecule has 0 aliphatic carbocycles. The minimum atomic E-state index is -0.388. The Hall–Kier alpha value is -1.62. The van der Waals surface area contributed by atoms with Crippen molar-refractivity contribution in [3.05, 3.63) is 30.1 Å². The Labute approximate surface area is 190 Å². The number of aliphatic imine (C=N–C) groups is 1. The highest BCUT2D eigenvalue weighted by molar-refractivity contribution is 14.0. The summed E-state index contributed by atoms with van der Waals surface area (Å²) >= 11 is 0. The van der Waals surface area contributed by atoms with E-state index in [0.717, 1.165) is 6.42 Å². The second-order valence-electron chi connectivity index (χ2n) is 6.39. The van der Waals surface area contributed by atoms with E-state index in [1.165, 1.54) is 11.0 Å². The summed E-state index contributed by atoms with van der Waals surface area (Å²) in [5, 5.41) is 6.36. The fourth-order valence-electron chi connectivity index (χ4n) is 2.19. The van der Waals surface area contributed by atoms with E-state index in [4.69, 9.17) is 9.47 Å². The normalized spacial score (nSPS) is 12.0. The molecule has 1 amide bonds. The molecule has 1 rings (SSSR count). The van der Waals surface area contributed by atoms with Crippen molar-refractivity contribution in [2.75, 3.05) is 46.9 Å². The number of carbonyl (C=O) groups is 1. The highest BCUT2D eigenvalue weighted by Gasteiger charge is 2.12. The fourth-order valence-corrected chi connectivity index (χ4v) is 2.19. The third kappa shape index (κ3) is 11.8. The van der Waals surface area contributed by atoms with Crippen LogP contribution in [-0.4, -0.2) is 69.8 Å². The molecule has 166 valence electrons. The van der Waals surface area contributed by atoms with Crippen molar-refractivity contribution in [1.82, 2.24) is 15.5 Å². The number of hydrogen-bond acceptors (Lipinski definition) is 4. The molecule has 0 saturated carbocycles. The molecule has 0 aromatic heterocycles. The first-order valence-electron chi connectivity index (χ1n) is 9.69. The summed E-state index contributed by atoms with van der Waals surface area (Å²) in [5.74, 6) is 0.259. The van der Waals surface area contributed by atoms with Gasteiger partial charge >= 0.3 is 0 Å². The molecule has 0 aliphatic rings. The van der Waals surface area contributed by atoms with Crippen molar-refractivity contribution >= 4 is 35.8 Å². The van der Waals surface area contributed by atoms with Gasteiger partial charge in [-0.1, -0.05) is 19.1 Å². The largest absolute Gasteiger partial charge is 0.486 e. The van der Waals surface area contributed by atoms with Crippen LogP contribution in [-0.2, 0) is 9.53 Å². The molecule has 2 N–H and O–H groups in total. The van der Waals surface area contributed by atoms with E-state index in [0.29, 0.717) is 38.7 Å². The molecule has 0 saturated heterocycles. The summed E-state index contributed by atoms with van der Waals surface area (Å²) in [6.07, 6.45) is 1.27. The van der Waals surface area contributed by atoms with Crippen LogP contribution in [0.15, 0.2) is 29.3 Å². The number of para-hydroxylation sites is 1. The molecule has 29 heavy (non-hydrogen) atoms. The van der Waals surface area contributed by atoms with Gasteiger partial charge in [0.1, 0.15) is 12.6 Å². The highest BCUT2D eigenvalue weighted by Crippen LogP contribution is 2.17. The maximum Gasteiger partial charge on any atom is 0.243 e. The predicted molar refractivity (Wildman–Crippen MR) is 125 cm³/mol. The number of likely N-dealkylation sites (N-methyl/N-ethyl adjacent to an activating group) is 1. The zero-order chi connectivity index (χ0) is 20.8. The Morgan fingerprint density at radius 2 is 1.97 bits per heavy atom. The summed E-state index contributed by atoms with van der Waals surface area (Å²) in [6.45, 7) is 6.39. The number of nitrogens with zero attached hydrogens (tertiary/aromatic N) is 2. The lowest BCUT2D eigenvalue weighted by atomic mass is 10.2. The van der Waals surface area contributed by atoms with Crippen molar-refractivity contribution in [3.8, 4) is 5.75 Å². The van der Waals surface area contributed by atoms with Gasteiger partial charge in [0.15, 0.2) is 17.5 Å². The third-order valence-corrected chi connectivity index (χ3v) is 3.92. The smallest absolute Gasteiger partial charge is 0.243 e. The number of guanidine groups is 1. The number of amides is 1. The second-order valence-corrected chi connectivity index (χ2v) is 6.39. The number of hydrogen-bond donors (Lipinski definition) is 2. The molecule has 0 spiro atoms. The molecule has 1 atom stereocenters. The Balaban J connectivity index is 0.00000784. The van der Waals surface area contributed by atoms with E-state index in [2.05, 4.69) is 15.6 Å². The molecular weight excluding hydrogens is 490 g/mol. The Morgan fingerprint density at radius 3 is 2.59 bits per heavy atom. The van der Waals surface area contributed by atoms with Crippen LogP contribution in [0.5, 0.6) is 5.75 Å². The summed E-state index contributed by atoms with van der Waals surface area (Å²) in [7, 11) is 3.38. The highest BCUT2D eigenvalue weighted by atomic mass is 127. The maximum absolute atomic E-state index is 13.8. The number of nitrogens with one attached hydrogen (secondary N) is 2. The van der Waals surface area contributed by atoms with Gasteiger partial charge < -0.3 is 25.0 Å². The van der Waals surface area contributed by atoms with Gasteiger partial charge in [0.2, 0.25) is 5.91 Å². The number of rotatable bonds is 12. The molecular formula is C20H34FIN4O3. The SMILES string of the molecule is CCOCCCNC(=NCC(=O)N(C)C)NCC(CC)Oc1ccccc1F.I. The molecule has 1 unspecified atom stereocenters. The average Bonchev–Trinajstić information content (AvgIpc) is 2.69. The molecule has 0 aliphatic heterocycles. The van der Waals surface area contributed by atoms with Crippen LogP contribution in [0.1, 0.15) is 26.7 Å². The lowest BCUT2D eigenvalue weighted by Gasteiger charge is -2.20. The minimum absolute atomic E-state index is 0. The van der Waals surface area contributed by atoms with Crippen molar-refractivity contribution in [1.29, 1.82) is 0 Å². The van der Waals surface area contributed by atoms with Crippen LogP contribution in [0.25, 0.3) is 0 Å². The van der Waals surface area contributed by atoms with Crippen molar-refractivity contribution in [3.63, 3.8) is 0 Å². The lowest BCUT2D eigenvalue weighted by molar-refractivity contribution is -0.127. The summed E-state index contributed by atoms with van der Waals surface area (Å²) in [5.41, 5.74) is 0. The molecule has 1 aromatic rings. The molecule has 9 heteroatoms. The van der Waals surface area contributed by atoms with Crippen molar-refractivity contribution in [2.45, 2.75) is 32.8 Å². The number of ether oxygens (including phenoxy) is 2. The number of benzene rings is 1. The van der Waals surface area contributed by atoms with Gasteiger partial charge in [-0.3, -0.25) is 4.79 Å². The maximum atomic E-state index is 13.8. The first kappa shape index (κ1) is 27.4. The molecule has 0 heterocycles. The first-order valence-corrected chi connectivity index (χ1v) is 9.69. The van der Waals surface area contributed by atoms with Crippen LogP contribution in [0.2, 0.25) is 0 Å². The Morgan fingerprint density at radius 1 is 1.24 bits per heavy atom. The van der Waals surface area contributed by atoms with Crippen LogP contribution in [0.4, 0.5) is 4.39 Å². The number of carbonyl (C=O) groups excluding carboxylic acids is 1. The fraction of sp³-hybridized carbons (Fsp3) is 0.600. The van der Waals surface area contributed by atoms with Crippen LogP contribution in [0, 0.1) is 5.82 Å². The quantitative estimate of drug-likeness (QED) is 0.190. The van der Waals surface area contributed by atoms with E-state index < -0.39 is 0 Å². The third-order valence-electron chi connectivity index (χ3n) is 3.92. The van der Waals surface area contributed by atoms with Gasteiger partial charge in [-0.05, 0) is 31.9 Å².